The van der Waals surface area contributed by atoms with E-state index in [-0.39, 0.29) is 6.04 Å². The fraction of sp³-hybridized carbons (Fsp3) is 0.435. The predicted octanol–water partition coefficient (Wildman–Crippen LogP) is 4.92. The third-order valence-electron chi connectivity index (χ3n) is 6.57. The zero-order chi connectivity index (χ0) is 21.4. The molecule has 0 radical (unpaired) electrons. The minimum Gasteiger partial charge on any atom is -0.371 e. The summed E-state index contributed by atoms with van der Waals surface area (Å²) in [6.45, 7) is 3.70. The maximum absolute atomic E-state index is 14.2. The molecule has 2 saturated heterocycles. The van der Waals surface area contributed by atoms with Gasteiger partial charge in [0.05, 0.1) is 11.0 Å². The molecule has 8 heteroatoms. The van der Waals surface area contributed by atoms with E-state index in [0.717, 1.165) is 44.7 Å². The third-order valence-corrected chi connectivity index (χ3v) is 6.57. The molecule has 0 bridgehead atoms. The normalized spacial score (nSPS) is 19.7. The number of benzene rings is 1. The Hall–Kier alpha value is -3.16. The number of pyridine rings is 1. The Labute approximate surface area is 180 Å². The number of nitro benzene ring substituents is 1. The van der Waals surface area contributed by atoms with Gasteiger partial charge in [-0.1, -0.05) is 0 Å². The summed E-state index contributed by atoms with van der Waals surface area (Å²) in [6.07, 6.45) is 9.76. The predicted molar refractivity (Wildman–Crippen MR) is 119 cm³/mol. The smallest absolute Gasteiger partial charge is 0.304 e. The van der Waals surface area contributed by atoms with Gasteiger partial charge < -0.3 is 14.4 Å². The first-order valence-electron chi connectivity index (χ1n) is 11.0. The SMILES string of the molecule is O=[N+]([O-])c1ccc(N2CCC[C@@H](n3ccc4c(N5CCCCC5)ccnc43)C2)cc1F. The van der Waals surface area contributed by atoms with Crippen molar-refractivity contribution in [2.45, 2.75) is 38.1 Å². The summed E-state index contributed by atoms with van der Waals surface area (Å²) in [6, 6.07) is 8.67. The summed E-state index contributed by atoms with van der Waals surface area (Å²) in [7, 11) is 0. The first-order valence-corrected chi connectivity index (χ1v) is 11.0. The Bertz CT molecular complexity index is 1110. The highest BCUT2D eigenvalue weighted by Crippen LogP contribution is 2.34. The van der Waals surface area contributed by atoms with Gasteiger partial charge in [-0.3, -0.25) is 10.1 Å². The summed E-state index contributed by atoms with van der Waals surface area (Å²) in [4.78, 5) is 19.5. The molecule has 31 heavy (non-hydrogen) atoms. The molecule has 5 rings (SSSR count). The fourth-order valence-electron chi connectivity index (χ4n) is 5.01. The van der Waals surface area contributed by atoms with Crippen LogP contribution in [0.1, 0.15) is 38.1 Å². The van der Waals surface area contributed by atoms with Gasteiger partial charge in [0.25, 0.3) is 0 Å². The van der Waals surface area contributed by atoms with Crippen LogP contribution in [-0.2, 0) is 0 Å². The molecule has 4 heterocycles. The second kappa shape index (κ2) is 8.17. The van der Waals surface area contributed by atoms with E-state index in [9.17, 15) is 14.5 Å². The molecule has 0 amide bonds. The summed E-state index contributed by atoms with van der Waals surface area (Å²) < 4.78 is 16.4. The van der Waals surface area contributed by atoms with Gasteiger partial charge in [0, 0.05) is 67.5 Å². The van der Waals surface area contributed by atoms with Crippen LogP contribution in [0, 0.1) is 15.9 Å². The zero-order valence-electron chi connectivity index (χ0n) is 17.4. The van der Waals surface area contributed by atoms with Gasteiger partial charge in [-0.05, 0) is 50.3 Å². The van der Waals surface area contributed by atoms with Gasteiger partial charge in [-0.25, -0.2) is 4.98 Å². The van der Waals surface area contributed by atoms with Crippen molar-refractivity contribution < 1.29 is 9.31 Å². The molecule has 0 N–H and O–H groups in total. The minimum absolute atomic E-state index is 0.216. The monoisotopic (exact) mass is 423 g/mol. The van der Waals surface area contributed by atoms with E-state index in [1.165, 1.54) is 42.5 Å². The van der Waals surface area contributed by atoms with Crippen molar-refractivity contribution in [3.05, 3.63) is 58.7 Å². The lowest BCUT2D eigenvalue weighted by atomic mass is 10.0. The lowest BCUT2D eigenvalue weighted by Crippen LogP contribution is -2.36. The van der Waals surface area contributed by atoms with E-state index in [1.807, 2.05) is 6.20 Å². The van der Waals surface area contributed by atoms with Gasteiger partial charge in [0.15, 0.2) is 0 Å². The molecule has 1 atom stereocenters. The Morgan fingerprint density at radius 2 is 1.84 bits per heavy atom. The van der Waals surface area contributed by atoms with Crippen molar-refractivity contribution in [1.29, 1.82) is 0 Å². The van der Waals surface area contributed by atoms with Gasteiger partial charge in [-0.2, -0.15) is 4.39 Å². The number of hydrogen-bond donors (Lipinski definition) is 0. The maximum atomic E-state index is 14.2. The van der Waals surface area contributed by atoms with E-state index in [2.05, 4.69) is 32.7 Å². The average molecular weight is 423 g/mol. The lowest BCUT2D eigenvalue weighted by molar-refractivity contribution is -0.387. The first kappa shape index (κ1) is 19.8. The molecule has 2 fully saturated rings. The zero-order valence-corrected chi connectivity index (χ0v) is 17.4. The van der Waals surface area contributed by atoms with Crippen molar-refractivity contribution in [2.24, 2.45) is 0 Å². The highest BCUT2D eigenvalue weighted by atomic mass is 19.1. The largest absolute Gasteiger partial charge is 0.371 e. The van der Waals surface area contributed by atoms with Gasteiger partial charge >= 0.3 is 5.69 Å². The Morgan fingerprint density at radius 3 is 2.61 bits per heavy atom. The molecule has 0 saturated carbocycles. The quantitative estimate of drug-likeness (QED) is 0.440. The summed E-state index contributed by atoms with van der Waals surface area (Å²) >= 11 is 0. The molecule has 0 spiro atoms. The molecule has 7 nitrogen and oxygen atoms in total. The highest BCUT2D eigenvalue weighted by Gasteiger charge is 2.25. The summed E-state index contributed by atoms with van der Waals surface area (Å²) in [5.41, 5.74) is 2.45. The van der Waals surface area contributed by atoms with Gasteiger partial charge in [-0.15, -0.1) is 0 Å². The number of aromatic nitrogens is 2. The molecule has 1 aromatic carbocycles. The van der Waals surface area contributed by atoms with E-state index in [4.69, 9.17) is 4.98 Å². The molecule has 162 valence electrons. The second-order valence-corrected chi connectivity index (χ2v) is 8.47. The number of rotatable bonds is 4. The minimum atomic E-state index is -0.788. The van der Waals surface area contributed by atoms with Crippen LogP contribution in [0.15, 0.2) is 42.7 Å². The van der Waals surface area contributed by atoms with Crippen LogP contribution in [-0.4, -0.2) is 40.7 Å². The molecule has 2 aliphatic heterocycles. The first-order chi connectivity index (χ1) is 15.1. The van der Waals surface area contributed by atoms with Crippen LogP contribution in [0.25, 0.3) is 11.0 Å². The standard InChI is InChI=1S/C23H26FN5O2/c24-20-15-17(6-7-22(20)29(30)31)27-13-4-5-18(16-27)28-14-9-19-21(8-10-25-23(19)28)26-11-2-1-3-12-26/h6-10,14-15,18H,1-5,11-13,16H2/t18-/m1/s1. The number of anilines is 2. The summed E-state index contributed by atoms with van der Waals surface area (Å²) in [5.74, 6) is -0.788. The number of hydrogen-bond acceptors (Lipinski definition) is 5. The summed E-state index contributed by atoms with van der Waals surface area (Å²) in [5, 5.41) is 12.1. The molecular weight excluding hydrogens is 397 g/mol. The molecule has 3 aromatic rings. The third kappa shape index (κ3) is 3.71. The number of fused-ring (bicyclic) bond motifs is 1. The van der Waals surface area contributed by atoms with Gasteiger partial charge in [0.1, 0.15) is 5.65 Å². The van der Waals surface area contributed by atoms with Gasteiger partial charge in [0.2, 0.25) is 5.82 Å². The van der Waals surface area contributed by atoms with E-state index >= 15 is 0 Å². The van der Waals surface area contributed by atoms with E-state index in [0.29, 0.717) is 5.69 Å². The highest BCUT2D eigenvalue weighted by molar-refractivity contribution is 5.90. The van der Waals surface area contributed by atoms with Crippen molar-refractivity contribution in [2.75, 3.05) is 36.0 Å². The Kier molecular flexibility index (Phi) is 5.21. The molecule has 2 aliphatic rings. The molecule has 0 aliphatic carbocycles. The van der Waals surface area contributed by atoms with E-state index < -0.39 is 16.4 Å². The topological polar surface area (TPSA) is 67.4 Å². The lowest BCUT2D eigenvalue weighted by Gasteiger charge is -2.35. The fourth-order valence-corrected chi connectivity index (χ4v) is 5.01. The maximum Gasteiger partial charge on any atom is 0.304 e. The van der Waals surface area contributed by atoms with Crippen LogP contribution >= 0.6 is 0 Å². The Balaban J connectivity index is 1.41. The number of piperidine rings is 2. The average Bonchev–Trinajstić information content (AvgIpc) is 3.24. The van der Waals surface area contributed by atoms with Crippen LogP contribution in [0.2, 0.25) is 0 Å². The van der Waals surface area contributed by atoms with Crippen molar-refractivity contribution >= 4 is 28.1 Å². The molecule has 0 unspecified atom stereocenters. The van der Waals surface area contributed by atoms with E-state index in [1.54, 1.807) is 6.07 Å². The number of nitro groups is 1. The Morgan fingerprint density at radius 1 is 1.03 bits per heavy atom. The van der Waals surface area contributed by atoms with Crippen molar-refractivity contribution in [3.8, 4) is 0 Å². The van der Waals surface area contributed by atoms with Crippen LogP contribution in [0.5, 0.6) is 0 Å². The molecule has 2 aromatic heterocycles. The number of nitrogens with zero attached hydrogens (tertiary/aromatic N) is 5. The van der Waals surface area contributed by atoms with Crippen LogP contribution in [0.3, 0.4) is 0 Å². The second-order valence-electron chi connectivity index (χ2n) is 8.47. The van der Waals surface area contributed by atoms with Crippen LogP contribution in [0.4, 0.5) is 21.5 Å². The number of halogens is 1. The van der Waals surface area contributed by atoms with Crippen molar-refractivity contribution in [1.82, 2.24) is 9.55 Å². The van der Waals surface area contributed by atoms with Crippen molar-refractivity contribution in [3.63, 3.8) is 0 Å². The van der Waals surface area contributed by atoms with Crippen LogP contribution < -0.4 is 9.80 Å². The molecular formula is C23H26FN5O2.